The molecule has 0 aliphatic carbocycles. The van der Waals surface area contributed by atoms with Crippen LogP contribution in [0.25, 0.3) is 0 Å². The van der Waals surface area contributed by atoms with Crippen molar-refractivity contribution in [1.82, 2.24) is 15.5 Å². The standard InChI is InChI=1S/C23H27F3N4O4/c1-14-4-2-3-5-18(14)21(32)30-10-11-34-13-17(30)12-28-20(31)16-8-6-15(7-9-16)19(27)29-22(33)23(24,25)26/h2-9,17,19,22,29,33H,10-13,27H2,1H3,(H,28,31). The number of benzene rings is 2. The molecule has 0 saturated carbocycles. The quantitative estimate of drug-likeness (QED) is 0.448. The Balaban J connectivity index is 1.59. The van der Waals surface area contributed by atoms with Gasteiger partial charge >= 0.3 is 6.18 Å². The van der Waals surface area contributed by atoms with Crippen molar-refractivity contribution in [3.63, 3.8) is 0 Å². The van der Waals surface area contributed by atoms with Gasteiger partial charge in [-0.25, -0.2) is 0 Å². The maximum absolute atomic E-state index is 13.0. The normalized spacial score (nSPS) is 18.3. The number of nitrogens with one attached hydrogen (secondary N) is 2. The van der Waals surface area contributed by atoms with Gasteiger partial charge in [0, 0.05) is 24.2 Å². The van der Waals surface area contributed by atoms with Crippen LogP contribution in [0.3, 0.4) is 0 Å². The van der Waals surface area contributed by atoms with Crippen LogP contribution in [0, 0.1) is 6.92 Å². The number of aliphatic hydroxyl groups excluding tert-OH is 1. The highest BCUT2D eigenvalue weighted by Crippen LogP contribution is 2.20. The lowest BCUT2D eigenvalue weighted by Gasteiger charge is -2.36. The third-order valence-electron chi connectivity index (χ3n) is 5.54. The Morgan fingerprint density at radius 1 is 1.21 bits per heavy atom. The lowest BCUT2D eigenvalue weighted by molar-refractivity contribution is -0.216. The summed E-state index contributed by atoms with van der Waals surface area (Å²) in [5, 5.41) is 13.7. The Bertz CT molecular complexity index is 1000. The number of halogens is 3. The third kappa shape index (κ3) is 6.32. The number of alkyl halides is 3. The molecule has 2 amide bonds. The molecular formula is C23H27F3N4O4. The number of nitrogens with zero attached hydrogens (tertiary/aromatic N) is 1. The first-order chi connectivity index (χ1) is 16.1. The van der Waals surface area contributed by atoms with Crippen LogP contribution in [0.1, 0.15) is 38.0 Å². The second-order valence-corrected chi connectivity index (χ2v) is 7.96. The molecule has 8 nitrogen and oxygen atoms in total. The molecule has 2 aromatic rings. The molecule has 1 fully saturated rings. The minimum absolute atomic E-state index is 0.132. The van der Waals surface area contributed by atoms with Crippen molar-refractivity contribution in [1.29, 1.82) is 0 Å². The lowest BCUT2D eigenvalue weighted by Crippen LogP contribution is -2.53. The number of hydrogen-bond donors (Lipinski definition) is 4. The van der Waals surface area contributed by atoms with Gasteiger partial charge < -0.3 is 25.8 Å². The molecule has 3 unspecified atom stereocenters. The average molecular weight is 480 g/mol. The molecule has 1 heterocycles. The van der Waals surface area contributed by atoms with E-state index >= 15 is 0 Å². The summed E-state index contributed by atoms with van der Waals surface area (Å²) in [6, 6.07) is 12.5. The van der Waals surface area contributed by atoms with Gasteiger partial charge in [0.15, 0.2) is 0 Å². The Kier molecular flexibility index (Phi) is 8.26. The Labute approximate surface area is 194 Å². The Morgan fingerprint density at radius 3 is 2.53 bits per heavy atom. The van der Waals surface area contributed by atoms with Crippen LogP contribution in [0.15, 0.2) is 48.5 Å². The smallest absolute Gasteiger partial charge is 0.377 e. The predicted octanol–water partition coefficient (Wildman–Crippen LogP) is 1.69. The zero-order valence-electron chi connectivity index (χ0n) is 18.5. The number of morpholine rings is 1. The van der Waals surface area contributed by atoms with E-state index in [1.807, 2.05) is 24.4 Å². The Hall–Kier alpha value is -2.99. The van der Waals surface area contributed by atoms with Crippen LogP contribution >= 0.6 is 0 Å². The number of aliphatic hydroxyl groups is 1. The van der Waals surface area contributed by atoms with E-state index < -0.39 is 24.5 Å². The van der Waals surface area contributed by atoms with Crippen molar-refractivity contribution in [3.05, 3.63) is 70.8 Å². The van der Waals surface area contributed by atoms with Crippen molar-refractivity contribution in [2.75, 3.05) is 26.3 Å². The van der Waals surface area contributed by atoms with E-state index in [2.05, 4.69) is 5.32 Å². The van der Waals surface area contributed by atoms with Crippen molar-refractivity contribution in [3.8, 4) is 0 Å². The zero-order valence-corrected chi connectivity index (χ0v) is 18.5. The molecule has 1 saturated heterocycles. The third-order valence-corrected chi connectivity index (χ3v) is 5.54. The summed E-state index contributed by atoms with van der Waals surface area (Å²) >= 11 is 0. The van der Waals surface area contributed by atoms with Crippen LogP contribution in [-0.2, 0) is 4.74 Å². The fraction of sp³-hybridized carbons (Fsp3) is 0.391. The van der Waals surface area contributed by atoms with E-state index in [0.29, 0.717) is 18.7 Å². The number of amides is 2. The van der Waals surface area contributed by atoms with Gasteiger partial charge in [0.25, 0.3) is 11.8 Å². The molecule has 0 radical (unpaired) electrons. The van der Waals surface area contributed by atoms with Gasteiger partial charge in [-0.2, -0.15) is 13.2 Å². The summed E-state index contributed by atoms with van der Waals surface area (Å²) in [5.74, 6) is -0.551. The van der Waals surface area contributed by atoms with E-state index in [9.17, 15) is 22.8 Å². The molecule has 0 bridgehead atoms. The molecular weight excluding hydrogens is 453 g/mol. The first-order valence-corrected chi connectivity index (χ1v) is 10.7. The van der Waals surface area contributed by atoms with Gasteiger partial charge in [0.1, 0.15) is 0 Å². The molecule has 0 spiro atoms. The predicted molar refractivity (Wildman–Crippen MR) is 118 cm³/mol. The van der Waals surface area contributed by atoms with Gasteiger partial charge in [-0.1, -0.05) is 30.3 Å². The molecule has 3 rings (SSSR count). The van der Waals surface area contributed by atoms with Gasteiger partial charge in [0.2, 0.25) is 6.23 Å². The van der Waals surface area contributed by atoms with E-state index in [4.69, 9.17) is 15.6 Å². The van der Waals surface area contributed by atoms with Gasteiger partial charge in [0.05, 0.1) is 25.4 Å². The molecule has 1 aliphatic rings. The maximum Gasteiger partial charge on any atom is 0.428 e. The zero-order chi connectivity index (χ0) is 24.9. The molecule has 1 aliphatic heterocycles. The molecule has 5 N–H and O–H groups in total. The average Bonchev–Trinajstić information content (AvgIpc) is 2.82. The lowest BCUT2D eigenvalue weighted by atomic mass is 10.1. The minimum Gasteiger partial charge on any atom is -0.377 e. The summed E-state index contributed by atoms with van der Waals surface area (Å²) < 4.78 is 42.9. The van der Waals surface area contributed by atoms with Crippen molar-refractivity contribution >= 4 is 11.8 Å². The number of aryl methyl sites for hydroxylation is 1. The summed E-state index contributed by atoms with van der Waals surface area (Å²) in [7, 11) is 0. The van der Waals surface area contributed by atoms with E-state index in [1.165, 1.54) is 24.3 Å². The first kappa shape index (κ1) is 25.6. The summed E-state index contributed by atoms with van der Waals surface area (Å²) in [6.45, 7) is 3.10. The SMILES string of the molecule is Cc1ccccc1C(=O)N1CCOCC1CNC(=O)c1ccc(C(N)NC(O)C(F)(F)F)cc1. The summed E-state index contributed by atoms with van der Waals surface area (Å²) in [5.41, 5.74) is 7.63. The number of carbonyl (C=O) groups is 2. The van der Waals surface area contributed by atoms with Crippen molar-refractivity contribution < 1.29 is 32.6 Å². The molecule has 11 heteroatoms. The highest BCUT2D eigenvalue weighted by molar-refractivity contribution is 5.96. The summed E-state index contributed by atoms with van der Waals surface area (Å²) in [4.78, 5) is 27.3. The van der Waals surface area contributed by atoms with Crippen LogP contribution in [0.5, 0.6) is 0 Å². The van der Waals surface area contributed by atoms with Gasteiger partial charge in [-0.15, -0.1) is 0 Å². The largest absolute Gasteiger partial charge is 0.428 e. The van der Waals surface area contributed by atoms with Crippen LogP contribution in [-0.4, -0.2) is 66.6 Å². The highest BCUT2D eigenvalue weighted by Gasteiger charge is 2.39. The second-order valence-electron chi connectivity index (χ2n) is 7.96. The van der Waals surface area contributed by atoms with Crippen LogP contribution in [0.2, 0.25) is 0 Å². The fourth-order valence-corrected chi connectivity index (χ4v) is 3.57. The molecule has 184 valence electrons. The topological polar surface area (TPSA) is 117 Å². The summed E-state index contributed by atoms with van der Waals surface area (Å²) in [6.07, 6.45) is -8.91. The van der Waals surface area contributed by atoms with Crippen molar-refractivity contribution in [2.45, 2.75) is 31.5 Å². The number of nitrogens with two attached hydrogens (primary N) is 1. The molecule has 2 aromatic carbocycles. The second kappa shape index (κ2) is 11.0. The molecule has 34 heavy (non-hydrogen) atoms. The number of rotatable bonds is 7. The van der Waals surface area contributed by atoms with Gasteiger partial charge in [-0.05, 0) is 36.2 Å². The monoisotopic (exact) mass is 480 g/mol. The number of hydrogen-bond acceptors (Lipinski definition) is 6. The highest BCUT2D eigenvalue weighted by atomic mass is 19.4. The molecule has 3 atom stereocenters. The van der Waals surface area contributed by atoms with Crippen LogP contribution < -0.4 is 16.4 Å². The fourth-order valence-electron chi connectivity index (χ4n) is 3.57. The van der Waals surface area contributed by atoms with Crippen LogP contribution in [0.4, 0.5) is 13.2 Å². The van der Waals surface area contributed by atoms with Crippen molar-refractivity contribution in [2.24, 2.45) is 5.73 Å². The Morgan fingerprint density at radius 2 is 1.88 bits per heavy atom. The number of ether oxygens (including phenoxy) is 1. The van der Waals surface area contributed by atoms with E-state index in [1.54, 1.807) is 17.0 Å². The maximum atomic E-state index is 13.0. The van der Waals surface area contributed by atoms with E-state index in [-0.39, 0.29) is 36.2 Å². The number of carbonyl (C=O) groups excluding carboxylic acids is 2. The minimum atomic E-state index is -4.85. The van der Waals surface area contributed by atoms with E-state index in [0.717, 1.165) is 5.56 Å². The molecule has 0 aromatic heterocycles. The first-order valence-electron chi connectivity index (χ1n) is 10.7. The van der Waals surface area contributed by atoms with Gasteiger partial charge in [-0.3, -0.25) is 14.9 Å².